The van der Waals surface area contributed by atoms with Crippen molar-refractivity contribution < 1.29 is 4.42 Å². The number of anilines is 1. The summed E-state index contributed by atoms with van der Waals surface area (Å²) < 4.78 is 6.83. The first kappa shape index (κ1) is 8.05. The Hall–Kier alpha value is -2.30. The van der Waals surface area contributed by atoms with Gasteiger partial charge in [0.2, 0.25) is 0 Å². The maximum Gasteiger partial charge on any atom is 0.158 e. The summed E-state index contributed by atoms with van der Waals surface area (Å²) in [6.07, 6.45) is 3.26. The van der Waals surface area contributed by atoms with Gasteiger partial charge in [-0.25, -0.2) is 4.98 Å². The van der Waals surface area contributed by atoms with Gasteiger partial charge in [0.1, 0.15) is 11.5 Å². The second-order valence-corrected chi connectivity index (χ2v) is 3.14. The van der Waals surface area contributed by atoms with Gasteiger partial charge in [-0.3, -0.25) is 0 Å². The minimum atomic E-state index is 0.538. The number of rotatable bonds is 1. The predicted molar refractivity (Wildman–Crippen MR) is 55.1 cm³/mol. The molecule has 15 heavy (non-hydrogen) atoms. The molecule has 0 amide bonds. The molecule has 0 unspecified atom stereocenters. The van der Waals surface area contributed by atoms with Gasteiger partial charge in [0.25, 0.3) is 0 Å². The van der Waals surface area contributed by atoms with Crippen LogP contribution in [-0.2, 0) is 0 Å². The maximum absolute atomic E-state index is 5.83. The molecule has 0 saturated heterocycles. The summed E-state index contributed by atoms with van der Waals surface area (Å²) in [5.74, 6) is 1.24. The van der Waals surface area contributed by atoms with Crippen LogP contribution >= 0.6 is 0 Å². The van der Waals surface area contributed by atoms with Crippen LogP contribution in [0.25, 0.3) is 17.1 Å². The van der Waals surface area contributed by atoms with Crippen molar-refractivity contribution >= 4 is 11.5 Å². The van der Waals surface area contributed by atoms with Crippen LogP contribution in [0.15, 0.2) is 41.1 Å². The van der Waals surface area contributed by atoms with Gasteiger partial charge in [-0.05, 0) is 12.1 Å². The number of furan rings is 1. The minimum absolute atomic E-state index is 0.538. The molecular weight excluding hydrogens is 192 g/mol. The second-order valence-electron chi connectivity index (χ2n) is 3.14. The van der Waals surface area contributed by atoms with Gasteiger partial charge in [0, 0.05) is 12.1 Å². The number of fused-ring (bicyclic) bond motifs is 1. The Balaban J connectivity index is 2.29. The Morgan fingerprint density at radius 2 is 2.27 bits per heavy atom. The number of nitrogen functional groups attached to an aromatic ring is 1. The third kappa shape index (κ3) is 1.17. The summed E-state index contributed by atoms with van der Waals surface area (Å²) in [5.41, 5.74) is 7.25. The van der Waals surface area contributed by atoms with E-state index >= 15 is 0 Å². The molecule has 0 fully saturated rings. The molecule has 0 atom stereocenters. The van der Waals surface area contributed by atoms with Gasteiger partial charge in [-0.2, -0.15) is 9.61 Å². The van der Waals surface area contributed by atoms with Gasteiger partial charge in [-0.1, -0.05) is 0 Å². The number of aromatic nitrogens is 3. The number of nitrogens with zero attached hydrogens (tertiary/aromatic N) is 3. The molecule has 5 nitrogen and oxygen atoms in total. The number of nitrogens with two attached hydrogens (primary N) is 1. The molecular formula is C10H8N4O. The first-order valence-electron chi connectivity index (χ1n) is 4.49. The van der Waals surface area contributed by atoms with E-state index in [2.05, 4.69) is 10.1 Å². The van der Waals surface area contributed by atoms with Crippen LogP contribution in [0.2, 0.25) is 0 Å². The molecule has 0 spiro atoms. The average Bonchev–Trinajstić information content (AvgIpc) is 2.88. The number of hydrogen-bond donors (Lipinski definition) is 1. The van der Waals surface area contributed by atoms with Crippen LogP contribution in [0.3, 0.4) is 0 Å². The molecule has 0 radical (unpaired) electrons. The molecule has 5 heteroatoms. The highest BCUT2D eigenvalue weighted by molar-refractivity contribution is 5.61. The van der Waals surface area contributed by atoms with Crippen LogP contribution in [0.4, 0.5) is 5.82 Å². The molecule has 74 valence electrons. The molecule has 0 aromatic carbocycles. The average molecular weight is 200 g/mol. The van der Waals surface area contributed by atoms with E-state index in [0.29, 0.717) is 22.9 Å². The highest BCUT2D eigenvalue weighted by atomic mass is 16.3. The van der Waals surface area contributed by atoms with Crippen molar-refractivity contribution in [2.45, 2.75) is 0 Å². The van der Waals surface area contributed by atoms with Gasteiger partial charge in [0.05, 0.1) is 12.5 Å². The van der Waals surface area contributed by atoms with E-state index in [0.717, 1.165) is 0 Å². The van der Waals surface area contributed by atoms with Gasteiger partial charge in [0.15, 0.2) is 11.4 Å². The fraction of sp³-hybridized carbons (Fsp3) is 0. The third-order valence-electron chi connectivity index (χ3n) is 2.16. The van der Waals surface area contributed by atoms with E-state index < -0.39 is 0 Å². The summed E-state index contributed by atoms with van der Waals surface area (Å²) in [7, 11) is 0. The van der Waals surface area contributed by atoms with E-state index in [1.54, 1.807) is 29.1 Å². The monoisotopic (exact) mass is 200 g/mol. The van der Waals surface area contributed by atoms with Crippen molar-refractivity contribution in [2.75, 3.05) is 5.73 Å². The molecule has 3 aromatic heterocycles. The van der Waals surface area contributed by atoms with E-state index in [4.69, 9.17) is 10.2 Å². The largest absolute Gasteiger partial charge is 0.463 e. The van der Waals surface area contributed by atoms with Crippen molar-refractivity contribution in [3.05, 3.63) is 36.7 Å². The molecule has 3 rings (SSSR count). The van der Waals surface area contributed by atoms with Crippen LogP contribution in [0, 0.1) is 0 Å². The van der Waals surface area contributed by atoms with Crippen molar-refractivity contribution in [1.29, 1.82) is 0 Å². The van der Waals surface area contributed by atoms with Crippen LogP contribution in [-0.4, -0.2) is 14.6 Å². The predicted octanol–water partition coefficient (Wildman–Crippen LogP) is 1.57. The summed E-state index contributed by atoms with van der Waals surface area (Å²) >= 11 is 0. The zero-order valence-corrected chi connectivity index (χ0v) is 7.79. The molecule has 0 aliphatic rings. The lowest BCUT2D eigenvalue weighted by atomic mass is 10.3. The fourth-order valence-electron chi connectivity index (χ4n) is 1.49. The Labute approximate surface area is 85.1 Å². The summed E-state index contributed by atoms with van der Waals surface area (Å²) in [5, 5.41) is 4.04. The Kier molecular flexibility index (Phi) is 1.53. The third-order valence-corrected chi connectivity index (χ3v) is 2.16. The molecule has 0 bridgehead atoms. The second kappa shape index (κ2) is 2.84. The van der Waals surface area contributed by atoms with Crippen LogP contribution < -0.4 is 5.73 Å². The Morgan fingerprint density at radius 1 is 1.33 bits per heavy atom. The van der Waals surface area contributed by atoms with E-state index in [-0.39, 0.29) is 0 Å². The van der Waals surface area contributed by atoms with Crippen LogP contribution in [0.5, 0.6) is 0 Å². The van der Waals surface area contributed by atoms with Crippen molar-refractivity contribution in [3.63, 3.8) is 0 Å². The molecule has 0 aliphatic heterocycles. The van der Waals surface area contributed by atoms with Crippen molar-refractivity contribution in [3.8, 4) is 11.5 Å². The fourth-order valence-corrected chi connectivity index (χ4v) is 1.49. The molecule has 3 aromatic rings. The maximum atomic E-state index is 5.83. The van der Waals surface area contributed by atoms with Crippen molar-refractivity contribution in [2.24, 2.45) is 0 Å². The van der Waals surface area contributed by atoms with Gasteiger partial charge < -0.3 is 10.2 Å². The minimum Gasteiger partial charge on any atom is -0.463 e. The van der Waals surface area contributed by atoms with Gasteiger partial charge in [-0.15, -0.1) is 0 Å². The smallest absolute Gasteiger partial charge is 0.158 e. The standard InChI is InChI=1S/C10H8N4O/c11-9-6-7(8-2-1-5-15-8)13-10-3-4-12-14(9)10/h1-6H,11H2. The highest BCUT2D eigenvalue weighted by Crippen LogP contribution is 2.20. The van der Waals surface area contributed by atoms with Crippen molar-refractivity contribution in [1.82, 2.24) is 14.6 Å². The number of hydrogen-bond acceptors (Lipinski definition) is 4. The van der Waals surface area contributed by atoms with Gasteiger partial charge >= 0.3 is 0 Å². The molecule has 0 aliphatic carbocycles. The summed E-state index contributed by atoms with van der Waals surface area (Å²) in [6.45, 7) is 0. The lowest BCUT2D eigenvalue weighted by Gasteiger charge is -2.01. The van der Waals surface area contributed by atoms with E-state index in [9.17, 15) is 0 Å². The topological polar surface area (TPSA) is 69.3 Å². The van der Waals surface area contributed by atoms with E-state index in [1.807, 2.05) is 12.1 Å². The normalized spacial score (nSPS) is 10.9. The summed E-state index contributed by atoms with van der Waals surface area (Å²) in [4.78, 5) is 4.37. The Bertz CT molecular complexity index is 597. The molecule has 2 N–H and O–H groups in total. The first-order valence-corrected chi connectivity index (χ1v) is 4.49. The molecule has 3 heterocycles. The van der Waals surface area contributed by atoms with E-state index in [1.165, 1.54) is 0 Å². The quantitative estimate of drug-likeness (QED) is 0.647. The zero-order valence-electron chi connectivity index (χ0n) is 7.79. The molecule has 0 saturated carbocycles. The van der Waals surface area contributed by atoms with Crippen LogP contribution in [0.1, 0.15) is 0 Å². The Morgan fingerprint density at radius 3 is 3.07 bits per heavy atom. The lowest BCUT2D eigenvalue weighted by Crippen LogP contribution is -2.00. The highest BCUT2D eigenvalue weighted by Gasteiger charge is 2.07. The first-order chi connectivity index (χ1) is 7.34. The summed E-state index contributed by atoms with van der Waals surface area (Å²) in [6, 6.07) is 7.18. The lowest BCUT2D eigenvalue weighted by molar-refractivity contribution is 0.580. The zero-order chi connectivity index (χ0) is 10.3. The SMILES string of the molecule is Nc1cc(-c2ccco2)nc2ccnn12.